The minimum Gasteiger partial charge on any atom is -0.481 e. The van der Waals surface area contributed by atoms with Crippen LogP contribution in [0.25, 0.3) is 0 Å². The Hall–Kier alpha value is -2.33. The van der Waals surface area contributed by atoms with Gasteiger partial charge in [-0.3, -0.25) is 9.69 Å². The highest BCUT2D eigenvalue weighted by atomic mass is 16.5. The van der Waals surface area contributed by atoms with Crippen molar-refractivity contribution in [2.24, 2.45) is 0 Å². The molecule has 27 heavy (non-hydrogen) atoms. The summed E-state index contributed by atoms with van der Waals surface area (Å²) in [5.74, 6) is 0.816. The largest absolute Gasteiger partial charge is 0.481 e. The fourth-order valence-electron chi connectivity index (χ4n) is 3.52. The van der Waals surface area contributed by atoms with Crippen LogP contribution in [0.4, 0.5) is 0 Å². The molecule has 1 fully saturated rings. The number of hydrogen-bond acceptors (Lipinski definition) is 3. The zero-order chi connectivity index (χ0) is 19.2. The van der Waals surface area contributed by atoms with Crippen molar-refractivity contribution in [1.29, 1.82) is 0 Å². The van der Waals surface area contributed by atoms with E-state index in [9.17, 15) is 4.79 Å². The molecule has 1 amide bonds. The second-order valence-corrected chi connectivity index (χ2v) is 7.45. The summed E-state index contributed by atoms with van der Waals surface area (Å²) in [5.41, 5.74) is 4.02. The summed E-state index contributed by atoms with van der Waals surface area (Å²) in [6.07, 6.45) is 0.535. The Morgan fingerprint density at radius 2 is 1.78 bits per heavy atom. The van der Waals surface area contributed by atoms with Crippen molar-refractivity contribution in [3.8, 4) is 5.75 Å². The molecular weight excluding hydrogens is 336 g/mol. The molecule has 0 saturated carbocycles. The summed E-state index contributed by atoms with van der Waals surface area (Å²) in [5, 5.41) is 0. The Bertz CT molecular complexity index is 760. The fourth-order valence-corrected chi connectivity index (χ4v) is 3.52. The number of ether oxygens (including phenoxy) is 1. The van der Waals surface area contributed by atoms with Gasteiger partial charge in [-0.25, -0.2) is 0 Å². The molecule has 0 radical (unpaired) electrons. The number of benzene rings is 2. The molecule has 1 aliphatic heterocycles. The van der Waals surface area contributed by atoms with Gasteiger partial charge in [-0.1, -0.05) is 36.4 Å². The zero-order valence-corrected chi connectivity index (χ0v) is 16.6. The quantitative estimate of drug-likeness (QED) is 0.807. The minimum atomic E-state index is -0.460. The molecule has 3 rings (SSSR count). The predicted octanol–water partition coefficient (Wildman–Crippen LogP) is 3.81. The summed E-state index contributed by atoms with van der Waals surface area (Å²) < 4.78 is 5.81. The summed E-state index contributed by atoms with van der Waals surface area (Å²) in [7, 11) is 0. The van der Waals surface area contributed by atoms with Crippen LogP contribution in [0.15, 0.2) is 48.5 Å². The van der Waals surface area contributed by atoms with E-state index in [1.807, 2.05) is 42.2 Å². The second kappa shape index (κ2) is 9.05. The Morgan fingerprint density at radius 1 is 1.00 bits per heavy atom. The Balaban J connectivity index is 1.54. The normalized spacial score (nSPS) is 16.6. The second-order valence-electron chi connectivity index (χ2n) is 7.45. The molecule has 4 nitrogen and oxygen atoms in total. The molecule has 144 valence electrons. The number of amides is 1. The summed E-state index contributed by atoms with van der Waals surface area (Å²) in [4.78, 5) is 17.2. The lowest BCUT2D eigenvalue weighted by atomic mass is 10.1. The Labute approximate surface area is 162 Å². The first-order chi connectivity index (χ1) is 13.0. The highest BCUT2D eigenvalue weighted by Gasteiger charge is 2.24. The molecule has 0 spiro atoms. The van der Waals surface area contributed by atoms with Crippen LogP contribution in [0.2, 0.25) is 0 Å². The molecular formula is C23H30N2O2. The van der Waals surface area contributed by atoms with Crippen LogP contribution in [0.1, 0.15) is 30.0 Å². The van der Waals surface area contributed by atoms with Gasteiger partial charge in [0, 0.05) is 32.7 Å². The van der Waals surface area contributed by atoms with Gasteiger partial charge in [0.05, 0.1) is 0 Å². The molecule has 1 unspecified atom stereocenters. The monoisotopic (exact) mass is 366 g/mol. The summed E-state index contributed by atoms with van der Waals surface area (Å²) in [6.45, 7) is 10.6. The van der Waals surface area contributed by atoms with Gasteiger partial charge in [0.25, 0.3) is 5.91 Å². The van der Waals surface area contributed by atoms with Gasteiger partial charge in [-0.15, -0.1) is 0 Å². The first kappa shape index (κ1) is 19.4. The number of hydrogen-bond donors (Lipinski definition) is 0. The molecule has 0 bridgehead atoms. The number of nitrogens with zero attached hydrogens (tertiary/aromatic N) is 2. The van der Waals surface area contributed by atoms with E-state index in [0.29, 0.717) is 0 Å². The van der Waals surface area contributed by atoms with E-state index in [-0.39, 0.29) is 5.91 Å². The van der Waals surface area contributed by atoms with Gasteiger partial charge in [-0.05, 0) is 56.0 Å². The first-order valence-corrected chi connectivity index (χ1v) is 9.82. The third kappa shape index (κ3) is 5.33. The van der Waals surface area contributed by atoms with E-state index in [4.69, 9.17) is 4.74 Å². The van der Waals surface area contributed by atoms with Crippen LogP contribution in [-0.2, 0) is 11.3 Å². The van der Waals surface area contributed by atoms with Crippen molar-refractivity contribution in [2.45, 2.75) is 39.8 Å². The van der Waals surface area contributed by atoms with Crippen molar-refractivity contribution in [2.75, 3.05) is 26.2 Å². The third-order valence-corrected chi connectivity index (χ3v) is 5.28. The lowest BCUT2D eigenvalue weighted by Crippen LogP contribution is -2.42. The average molecular weight is 367 g/mol. The van der Waals surface area contributed by atoms with Crippen molar-refractivity contribution in [1.82, 2.24) is 9.80 Å². The van der Waals surface area contributed by atoms with Gasteiger partial charge in [0.15, 0.2) is 6.10 Å². The maximum absolute atomic E-state index is 12.8. The number of aryl methyl sites for hydroxylation is 2. The van der Waals surface area contributed by atoms with Gasteiger partial charge >= 0.3 is 0 Å². The highest BCUT2D eigenvalue weighted by molar-refractivity contribution is 5.81. The molecule has 0 aromatic heterocycles. The van der Waals surface area contributed by atoms with Gasteiger partial charge < -0.3 is 9.64 Å². The van der Waals surface area contributed by atoms with Crippen LogP contribution in [0.3, 0.4) is 0 Å². The lowest BCUT2D eigenvalue weighted by molar-refractivity contribution is -0.137. The number of para-hydroxylation sites is 1. The topological polar surface area (TPSA) is 32.8 Å². The summed E-state index contributed by atoms with van der Waals surface area (Å²) in [6, 6.07) is 16.2. The molecule has 2 aromatic carbocycles. The first-order valence-electron chi connectivity index (χ1n) is 9.82. The van der Waals surface area contributed by atoms with Crippen LogP contribution < -0.4 is 4.74 Å². The SMILES string of the molecule is Cc1ccc(CN2CCCN(C(=O)C(C)Oc3ccccc3)CC2)cc1C. The van der Waals surface area contributed by atoms with E-state index < -0.39 is 6.10 Å². The standard InChI is InChI=1S/C23H30N2O2/c1-18-10-11-21(16-19(18)2)17-24-12-7-13-25(15-14-24)23(26)20(3)27-22-8-5-4-6-9-22/h4-6,8-11,16,20H,7,12-15,17H2,1-3H3. The third-order valence-electron chi connectivity index (χ3n) is 5.28. The van der Waals surface area contributed by atoms with Crippen LogP contribution >= 0.6 is 0 Å². The molecule has 1 aliphatic rings. The van der Waals surface area contributed by atoms with Crippen LogP contribution in [-0.4, -0.2) is 48.0 Å². The molecule has 0 N–H and O–H groups in total. The van der Waals surface area contributed by atoms with E-state index in [0.717, 1.165) is 44.9 Å². The maximum Gasteiger partial charge on any atom is 0.263 e. The number of carbonyl (C=O) groups excluding carboxylic acids is 1. The average Bonchev–Trinajstić information content (AvgIpc) is 2.90. The Kier molecular flexibility index (Phi) is 6.51. The van der Waals surface area contributed by atoms with E-state index in [1.54, 1.807) is 0 Å². The number of rotatable bonds is 5. The summed E-state index contributed by atoms with van der Waals surface area (Å²) >= 11 is 0. The zero-order valence-electron chi connectivity index (χ0n) is 16.6. The van der Waals surface area contributed by atoms with Gasteiger partial charge in [0.2, 0.25) is 0 Å². The van der Waals surface area contributed by atoms with Gasteiger partial charge in [-0.2, -0.15) is 0 Å². The molecule has 2 aromatic rings. The molecule has 0 aliphatic carbocycles. The predicted molar refractivity (Wildman–Crippen MR) is 109 cm³/mol. The van der Waals surface area contributed by atoms with Crippen LogP contribution in [0, 0.1) is 13.8 Å². The minimum absolute atomic E-state index is 0.0758. The molecule has 4 heteroatoms. The fraction of sp³-hybridized carbons (Fsp3) is 0.435. The highest BCUT2D eigenvalue weighted by Crippen LogP contribution is 2.15. The lowest BCUT2D eigenvalue weighted by Gasteiger charge is -2.25. The smallest absolute Gasteiger partial charge is 0.263 e. The van der Waals surface area contributed by atoms with Crippen LogP contribution in [0.5, 0.6) is 5.75 Å². The maximum atomic E-state index is 12.8. The van der Waals surface area contributed by atoms with Crippen molar-refractivity contribution in [3.05, 3.63) is 65.2 Å². The molecule has 1 atom stereocenters. The van der Waals surface area contributed by atoms with Crippen molar-refractivity contribution in [3.63, 3.8) is 0 Å². The molecule has 1 heterocycles. The van der Waals surface area contributed by atoms with E-state index >= 15 is 0 Å². The Morgan fingerprint density at radius 3 is 2.52 bits per heavy atom. The number of carbonyl (C=O) groups is 1. The van der Waals surface area contributed by atoms with E-state index in [2.05, 4.69) is 36.9 Å². The van der Waals surface area contributed by atoms with E-state index in [1.165, 1.54) is 16.7 Å². The molecule has 1 saturated heterocycles. The van der Waals surface area contributed by atoms with Gasteiger partial charge in [0.1, 0.15) is 5.75 Å². The van der Waals surface area contributed by atoms with Crippen molar-refractivity contribution < 1.29 is 9.53 Å². The van der Waals surface area contributed by atoms with Crippen molar-refractivity contribution >= 4 is 5.91 Å².